The molecule has 0 radical (unpaired) electrons. The Morgan fingerprint density at radius 2 is 1.89 bits per heavy atom. The van der Waals surface area contributed by atoms with Crippen LogP contribution in [0.15, 0.2) is 60.9 Å². The highest BCUT2D eigenvalue weighted by molar-refractivity contribution is 6.02. The molecule has 0 atom stereocenters. The summed E-state index contributed by atoms with van der Waals surface area (Å²) < 4.78 is 18.2. The summed E-state index contributed by atoms with van der Waals surface area (Å²) in [5.41, 5.74) is 1.25. The molecule has 2 aromatic carbocycles. The Hall–Kier alpha value is -3.81. The van der Waals surface area contributed by atoms with E-state index in [4.69, 9.17) is 4.74 Å². The molecule has 0 spiro atoms. The summed E-state index contributed by atoms with van der Waals surface area (Å²) in [6.07, 6.45) is 2.65. The van der Waals surface area contributed by atoms with Crippen LogP contribution in [0.3, 0.4) is 0 Å². The van der Waals surface area contributed by atoms with Crippen molar-refractivity contribution in [2.75, 3.05) is 17.2 Å². The SMILES string of the molecule is CCOC(=O)c1ccccc1Nc1cnc(C(=O)Nc2cccc(F)c2)cn1. The van der Waals surface area contributed by atoms with Gasteiger partial charge >= 0.3 is 5.97 Å². The molecule has 0 bridgehead atoms. The highest BCUT2D eigenvalue weighted by Gasteiger charge is 2.13. The third-order valence-corrected chi connectivity index (χ3v) is 3.65. The normalized spacial score (nSPS) is 10.2. The van der Waals surface area contributed by atoms with Gasteiger partial charge in [0.05, 0.1) is 30.3 Å². The highest BCUT2D eigenvalue weighted by atomic mass is 19.1. The second-order valence-corrected chi connectivity index (χ2v) is 5.64. The third kappa shape index (κ3) is 4.67. The second-order valence-electron chi connectivity index (χ2n) is 5.64. The quantitative estimate of drug-likeness (QED) is 0.632. The number of halogens is 1. The number of hydrogen-bond donors (Lipinski definition) is 2. The lowest BCUT2D eigenvalue weighted by atomic mass is 10.2. The summed E-state index contributed by atoms with van der Waals surface area (Å²) in [6.45, 7) is 2.00. The first-order chi connectivity index (χ1) is 13.6. The fourth-order valence-corrected chi connectivity index (χ4v) is 2.39. The van der Waals surface area contributed by atoms with Crippen molar-refractivity contribution in [2.45, 2.75) is 6.92 Å². The smallest absolute Gasteiger partial charge is 0.340 e. The molecule has 142 valence electrons. The average molecular weight is 380 g/mol. The minimum Gasteiger partial charge on any atom is -0.462 e. The molecule has 1 heterocycles. The van der Waals surface area contributed by atoms with Crippen LogP contribution in [0.2, 0.25) is 0 Å². The molecule has 0 aliphatic rings. The predicted octanol–water partition coefficient (Wildman–Crippen LogP) is 3.79. The van der Waals surface area contributed by atoms with Crippen LogP contribution >= 0.6 is 0 Å². The number of para-hydroxylation sites is 1. The summed E-state index contributed by atoms with van der Waals surface area (Å²) >= 11 is 0. The first-order valence-corrected chi connectivity index (χ1v) is 8.49. The molecule has 0 unspecified atom stereocenters. The van der Waals surface area contributed by atoms with Crippen LogP contribution in [0.5, 0.6) is 0 Å². The van der Waals surface area contributed by atoms with Gasteiger partial charge in [-0.1, -0.05) is 18.2 Å². The number of carbonyl (C=O) groups is 2. The van der Waals surface area contributed by atoms with Gasteiger partial charge in [0.2, 0.25) is 0 Å². The Labute approximate surface area is 160 Å². The average Bonchev–Trinajstić information content (AvgIpc) is 2.69. The number of hydrogen-bond acceptors (Lipinski definition) is 6. The van der Waals surface area contributed by atoms with E-state index < -0.39 is 17.7 Å². The summed E-state index contributed by atoms with van der Waals surface area (Å²) in [7, 11) is 0. The number of anilines is 3. The zero-order valence-corrected chi connectivity index (χ0v) is 15.0. The summed E-state index contributed by atoms with van der Waals surface area (Å²) in [5.74, 6) is -1.08. The van der Waals surface area contributed by atoms with Crippen molar-refractivity contribution in [3.05, 3.63) is 78.0 Å². The van der Waals surface area contributed by atoms with E-state index in [-0.39, 0.29) is 12.3 Å². The van der Waals surface area contributed by atoms with Crippen LogP contribution in [-0.4, -0.2) is 28.5 Å². The molecule has 8 heteroatoms. The van der Waals surface area contributed by atoms with E-state index in [1.54, 1.807) is 37.3 Å². The van der Waals surface area contributed by atoms with E-state index >= 15 is 0 Å². The molecule has 28 heavy (non-hydrogen) atoms. The molecule has 3 rings (SSSR count). The van der Waals surface area contributed by atoms with Crippen molar-refractivity contribution in [1.29, 1.82) is 0 Å². The van der Waals surface area contributed by atoms with Crippen LogP contribution in [-0.2, 0) is 4.74 Å². The molecule has 0 fully saturated rings. The van der Waals surface area contributed by atoms with Crippen molar-refractivity contribution >= 4 is 29.1 Å². The summed E-state index contributed by atoms with van der Waals surface area (Å²) in [4.78, 5) is 32.4. The summed E-state index contributed by atoms with van der Waals surface area (Å²) in [6, 6.07) is 12.4. The lowest BCUT2D eigenvalue weighted by molar-refractivity contribution is 0.0527. The van der Waals surface area contributed by atoms with Gasteiger partial charge < -0.3 is 15.4 Å². The number of aromatic nitrogens is 2. The first-order valence-electron chi connectivity index (χ1n) is 8.49. The number of ether oxygens (including phenoxy) is 1. The Morgan fingerprint density at radius 1 is 1.07 bits per heavy atom. The minimum absolute atomic E-state index is 0.0634. The van der Waals surface area contributed by atoms with Gasteiger partial charge in [0, 0.05) is 5.69 Å². The molecule has 3 aromatic rings. The standard InChI is InChI=1S/C20H17FN4O3/c1-2-28-20(27)15-8-3-4-9-16(15)25-18-12-22-17(11-23-18)19(26)24-14-7-5-6-13(21)10-14/h3-12H,2H2,1H3,(H,23,25)(H,24,26). The fraction of sp³-hybridized carbons (Fsp3) is 0.100. The van der Waals surface area contributed by atoms with Crippen molar-refractivity contribution in [1.82, 2.24) is 9.97 Å². The van der Waals surface area contributed by atoms with Crippen molar-refractivity contribution in [3.63, 3.8) is 0 Å². The van der Waals surface area contributed by atoms with Crippen molar-refractivity contribution < 1.29 is 18.7 Å². The Bertz CT molecular complexity index is 993. The van der Waals surface area contributed by atoms with Gasteiger partial charge in [0.15, 0.2) is 0 Å². The van der Waals surface area contributed by atoms with E-state index in [9.17, 15) is 14.0 Å². The monoisotopic (exact) mass is 380 g/mol. The topological polar surface area (TPSA) is 93.2 Å². The highest BCUT2D eigenvalue weighted by Crippen LogP contribution is 2.20. The number of amides is 1. The van der Waals surface area contributed by atoms with Crippen LogP contribution in [0.4, 0.5) is 21.6 Å². The first kappa shape index (κ1) is 19.0. The van der Waals surface area contributed by atoms with Gasteiger partial charge in [-0.15, -0.1) is 0 Å². The van der Waals surface area contributed by atoms with Gasteiger partial charge in [-0.25, -0.2) is 19.2 Å². The van der Waals surface area contributed by atoms with E-state index in [1.807, 2.05) is 0 Å². The van der Waals surface area contributed by atoms with Crippen LogP contribution in [0.25, 0.3) is 0 Å². The third-order valence-electron chi connectivity index (χ3n) is 3.65. The lowest BCUT2D eigenvalue weighted by Gasteiger charge is -2.10. The van der Waals surface area contributed by atoms with E-state index in [1.165, 1.54) is 30.6 Å². The van der Waals surface area contributed by atoms with Crippen molar-refractivity contribution in [2.24, 2.45) is 0 Å². The molecule has 1 aromatic heterocycles. The van der Waals surface area contributed by atoms with Crippen molar-refractivity contribution in [3.8, 4) is 0 Å². The molecule has 2 N–H and O–H groups in total. The molecule has 0 aliphatic heterocycles. The maximum atomic E-state index is 13.2. The Morgan fingerprint density at radius 3 is 2.61 bits per heavy atom. The van der Waals surface area contributed by atoms with E-state index in [0.717, 1.165) is 0 Å². The van der Waals surface area contributed by atoms with Crippen LogP contribution in [0, 0.1) is 5.82 Å². The number of rotatable bonds is 6. The molecule has 1 amide bonds. The van der Waals surface area contributed by atoms with Gasteiger partial charge in [-0.3, -0.25) is 4.79 Å². The van der Waals surface area contributed by atoms with Crippen LogP contribution < -0.4 is 10.6 Å². The maximum absolute atomic E-state index is 13.2. The van der Waals surface area contributed by atoms with Gasteiger partial charge in [0.25, 0.3) is 5.91 Å². The van der Waals surface area contributed by atoms with Gasteiger partial charge in [-0.2, -0.15) is 0 Å². The zero-order chi connectivity index (χ0) is 19.9. The number of nitrogens with zero attached hydrogens (tertiary/aromatic N) is 2. The van der Waals surface area contributed by atoms with Crippen LogP contribution in [0.1, 0.15) is 27.8 Å². The number of carbonyl (C=O) groups excluding carboxylic acids is 2. The Kier molecular flexibility index (Phi) is 5.91. The van der Waals surface area contributed by atoms with Gasteiger partial charge in [-0.05, 0) is 37.3 Å². The van der Waals surface area contributed by atoms with E-state index in [0.29, 0.717) is 22.8 Å². The molecular weight excluding hydrogens is 363 g/mol. The fourth-order valence-electron chi connectivity index (χ4n) is 2.39. The minimum atomic E-state index is -0.517. The lowest BCUT2D eigenvalue weighted by Crippen LogP contribution is -2.14. The largest absolute Gasteiger partial charge is 0.462 e. The van der Waals surface area contributed by atoms with E-state index in [2.05, 4.69) is 20.6 Å². The van der Waals surface area contributed by atoms with Gasteiger partial charge in [0.1, 0.15) is 17.3 Å². The number of benzene rings is 2. The number of esters is 1. The summed E-state index contributed by atoms with van der Waals surface area (Å²) in [5, 5.41) is 5.52. The second kappa shape index (κ2) is 8.72. The molecular formula is C20H17FN4O3. The molecule has 0 saturated heterocycles. The Balaban J connectivity index is 1.71. The molecule has 0 saturated carbocycles. The predicted molar refractivity (Wildman–Crippen MR) is 102 cm³/mol. The zero-order valence-electron chi connectivity index (χ0n) is 15.0. The molecule has 7 nitrogen and oxygen atoms in total. The number of nitrogens with one attached hydrogen (secondary N) is 2. The molecule has 0 aliphatic carbocycles. The maximum Gasteiger partial charge on any atom is 0.340 e.